The fourth-order valence-electron chi connectivity index (χ4n) is 2.65. The maximum atomic E-state index is 12.6. The second kappa shape index (κ2) is 7.58. The van der Waals surface area contributed by atoms with Gasteiger partial charge in [0.2, 0.25) is 0 Å². The van der Waals surface area contributed by atoms with Crippen LogP contribution >= 0.6 is 0 Å². The Bertz CT molecular complexity index is 706. The largest absolute Gasteiger partial charge is 0.444 e. The first kappa shape index (κ1) is 20.7. The first-order valence-electron chi connectivity index (χ1n) is 8.39. The molecule has 0 aromatic heterocycles. The number of alkyl carbamates (subject to hydrolysis) is 1. The molecule has 3 amide bonds. The molecule has 2 rings (SSSR count). The first-order valence-corrected chi connectivity index (χ1v) is 8.39. The van der Waals surface area contributed by atoms with Gasteiger partial charge in [0.1, 0.15) is 5.60 Å². The molecule has 27 heavy (non-hydrogen) atoms. The molecule has 0 bridgehead atoms. The van der Waals surface area contributed by atoms with E-state index in [4.69, 9.17) is 4.74 Å². The molecule has 1 aliphatic heterocycles. The van der Waals surface area contributed by atoms with Gasteiger partial charge in [0, 0.05) is 13.0 Å². The van der Waals surface area contributed by atoms with Crippen LogP contribution in [-0.4, -0.2) is 47.2 Å². The highest BCUT2D eigenvalue weighted by Gasteiger charge is 2.38. The number of halogens is 3. The molecule has 0 saturated heterocycles. The minimum absolute atomic E-state index is 0.189. The molecule has 1 aromatic carbocycles. The van der Waals surface area contributed by atoms with Crippen molar-refractivity contribution in [3.05, 3.63) is 35.4 Å². The third-order valence-corrected chi connectivity index (χ3v) is 3.78. The lowest BCUT2D eigenvalue weighted by Gasteiger charge is -2.26. The lowest BCUT2D eigenvalue weighted by atomic mass is 10.1. The summed E-state index contributed by atoms with van der Waals surface area (Å²) in [7, 11) is 0. The number of carbonyl (C=O) groups excluding carboxylic acids is 3. The van der Waals surface area contributed by atoms with Crippen molar-refractivity contribution in [1.82, 2.24) is 10.2 Å². The summed E-state index contributed by atoms with van der Waals surface area (Å²) in [5.41, 5.74) is -0.461. The Kier molecular flexibility index (Phi) is 5.82. The van der Waals surface area contributed by atoms with Crippen molar-refractivity contribution < 1.29 is 32.3 Å². The highest BCUT2D eigenvalue weighted by molar-refractivity contribution is 6.21. The monoisotopic (exact) mass is 386 g/mol. The van der Waals surface area contributed by atoms with Crippen LogP contribution < -0.4 is 5.32 Å². The van der Waals surface area contributed by atoms with E-state index in [1.165, 1.54) is 12.1 Å². The van der Waals surface area contributed by atoms with Gasteiger partial charge < -0.3 is 10.1 Å². The molecule has 0 unspecified atom stereocenters. The van der Waals surface area contributed by atoms with Gasteiger partial charge in [0.25, 0.3) is 11.8 Å². The van der Waals surface area contributed by atoms with Crippen molar-refractivity contribution in [2.24, 2.45) is 0 Å². The number of nitrogens with one attached hydrogen (secondary N) is 1. The minimum Gasteiger partial charge on any atom is -0.444 e. The molecular weight excluding hydrogens is 365 g/mol. The number of rotatable bonds is 5. The molecule has 9 heteroatoms. The molecule has 0 fully saturated rings. The van der Waals surface area contributed by atoms with Crippen LogP contribution in [0.3, 0.4) is 0 Å². The zero-order chi connectivity index (χ0) is 20.4. The van der Waals surface area contributed by atoms with E-state index < -0.39 is 48.6 Å². The van der Waals surface area contributed by atoms with E-state index in [1.807, 2.05) is 0 Å². The van der Waals surface area contributed by atoms with Crippen molar-refractivity contribution in [2.75, 3.05) is 6.54 Å². The number of amides is 3. The van der Waals surface area contributed by atoms with E-state index in [9.17, 15) is 27.6 Å². The van der Waals surface area contributed by atoms with Gasteiger partial charge in [-0.2, -0.15) is 13.2 Å². The predicted octanol–water partition coefficient (Wildman–Crippen LogP) is 3.52. The van der Waals surface area contributed by atoms with Gasteiger partial charge in [-0.15, -0.1) is 0 Å². The van der Waals surface area contributed by atoms with Gasteiger partial charge in [0.05, 0.1) is 17.2 Å². The zero-order valence-corrected chi connectivity index (χ0v) is 15.2. The molecule has 1 heterocycles. The van der Waals surface area contributed by atoms with Crippen molar-refractivity contribution in [2.45, 2.75) is 51.4 Å². The third kappa shape index (κ3) is 5.70. The van der Waals surface area contributed by atoms with Crippen LogP contribution in [0.25, 0.3) is 0 Å². The number of alkyl halides is 3. The molecule has 1 N–H and O–H groups in total. The highest BCUT2D eigenvalue weighted by Crippen LogP contribution is 2.25. The van der Waals surface area contributed by atoms with Crippen molar-refractivity contribution in [3.63, 3.8) is 0 Å². The lowest BCUT2D eigenvalue weighted by Crippen LogP contribution is -2.47. The van der Waals surface area contributed by atoms with Crippen LogP contribution in [0.4, 0.5) is 18.0 Å². The molecule has 148 valence electrons. The first-order chi connectivity index (χ1) is 12.4. The second-order valence-electron chi connectivity index (χ2n) is 7.26. The van der Waals surface area contributed by atoms with E-state index in [0.29, 0.717) is 0 Å². The number of hydrogen-bond acceptors (Lipinski definition) is 4. The summed E-state index contributed by atoms with van der Waals surface area (Å²) < 4.78 is 42.9. The molecule has 1 atom stereocenters. The molecular formula is C18H21F3N2O4. The average Bonchev–Trinajstić information content (AvgIpc) is 2.75. The van der Waals surface area contributed by atoms with Crippen LogP contribution in [0.15, 0.2) is 24.3 Å². The number of fused-ring (bicyclic) bond motifs is 1. The molecule has 0 radical (unpaired) electrons. The van der Waals surface area contributed by atoms with Gasteiger partial charge in [-0.1, -0.05) is 12.1 Å². The number of carbonyl (C=O) groups is 3. The topological polar surface area (TPSA) is 75.7 Å². The van der Waals surface area contributed by atoms with Crippen LogP contribution in [-0.2, 0) is 4.74 Å². The van der Waals surface area contributed by atoms with E-state index >= 15 is 0 Å². The fourth-order valence-corrected chi connectivity index (χ4v) is 2.65. The Balaban J connectivity index is 2.13. The zero-order valence-electron chi connectivity index (χ0n) is 15.2. The number of nitrogens with zero attached hydrogens (tertiary/aromatic N) is 1. The summed E-state index contributed by atoms with van der Waals surface area (Å²) in [6.45, 7) is 4.46. The Morgan fingerprint density at radius 1 is 1.11 bits per heavy atom. The number of ether oxygens (including phenoxy) is 1. The molecule has 0 aliphatic carbocycles. The molecule has 0 saturated carbocycles. The fraction of sp³-hybridized carbons (Fsp3) is 0.500. The molecule has 1 aromatic rings. The normalized spacial score (nSPS) is 15.6. The molecule has 6 nitrogen and oxygen atoms in total. The van der Waals surface area contributed by atoms with Crippen molar-refractivity contribution in [3.8, 4) is 0 Å². The predicted molar refractivity (Wildman–Crippen MR) is 90.3 cm³/mol. The Morgan fingerprint density at radius 3 is 2.07 bits per heavy atom. The Morgan fingerprint density at radius 2 is 1.63 bits per heavy atom. The van der Waals surface area contributed by atoms with Gasteiger partial charge in [-0.05, 0) is 39.3 Å². The Hall–Kier alpha value is -2.58. The summed E-state index contributed by atoms with van der Waals surface area (Å²) in [4.78, 5) is 37.6. The molecule has 0 spiro atoms. The van der Waals surface area contributed by atoms with Crippen molar-refractivity contribution in [1.29, 1.82) is 0 Å². The number of benzene rings is 1. The molecule has 1 aliphatic rings. The summed E-state index contributed by atoms with van der Waals surface area (Å²) in [6.07, 6.45) is -7.01. The van der Waals surface area contributed by atoms with E-state index in [2.05, 4.69) is 5.32 Å². The maximum Gasteiger partial charge on any atom is 0.407 e. The van der Waals surface area contributed by atoms with Gasteiger partial charge in [-0.25, -0.2) is 4.79 Å². The Labute approximate surface area is 154 Å². The summed E-state index contributed by atoms with van der Waals surface area (Å²) in [5.74, 6) is -1.20. The number of imide groups is 1. The van der Waals surface area contributed by atoms with Crippen LogP contribution in [0.2, 0.25) is 0 Å². The van der Waals surface area contributed by atoms with Gasteiger partial charge >= 0.3 is 12.3 Å². The van der Waals surface area contributed by atoms with Gasteiger partial charge in [0.15, 0.2) is 0 Å². The smallest absolute Gasteiger partial charge is 0.407 e. The summed E-state index contributed by atoms with van der Waals surface area (Å²) >= 11 is 0. The lowest BCUT2D eigenvalue weighted by molar-refractivity contribution is -0.136. The average molecular weight is 386 g/mol. The number of hydrogen-bond donors (Lipinski definition) is 1. The van der Waals surface area contributed by atoms with E-state index in [1.54, 1.807) is 32.9 Å². The van der Waals surface area contributed by atoms with E-state index in [0.717, 1.165) is 4.90 Å². The van der Waals surface area contributed by atoms with Gasteiger partial charge in [-0.3, -0.25) is 14.5 Å². The third-order valence-electron chi connectivity index (χ3n) is 3.78. The summed E-state index contributed by atoms with van der Waals surface area (Å²) in [5, 5.41) is 2.33. The quantitative estimate of drug-likeness (QED) is 0.786. The van der Waals surface area contributed by atoms with Crippen LogP contribution in [0.5, 0.6) is 0 Å². The standard InChI is InChI=1S/C18H21F3N2O4/c1-17(2,3)27-16(26)22-11(8-9-18(19,20)21)10-23-14(24)12-6-4-5-7-13(12)15(23)25/h4-7,11H,8-10H2,1-3H3,(H,22,26)/t11-/m1/s1. The van der Waals surface area contributed by atoms with Crippen molar-refractivity contribution >= 4 is 17.9 Å². The highest BCUT2D eigenvalue weighted by atomic mass is 19.4. The minimum atomic E-state index is -4.43. The van der Waals surface area contributed by atoms with Crippen LogP contribution in [0, 0.1) is 0 Å². The SMILES string of the molecule is CC(C)(C)OC(=O)N[C@H](CCC(F)(F)F)CN1C(=O)c2ccccc2C1=O. The summed E-state index contributed by atoms with van der Waals surface area (Å²) in [6, 6.07) is 5.04. The maximum absolute atomic E-state index is 12.6. The van der Waals surface area contributed by atoms with Crippen LogP contribution in [0.1, 0.15) is 54.3 Å². The second-order valence-corrected chi connectivity index (χ2v) is 7.26. The van der Waals surface area contributed by atoms with E-state index in [-0.39, 0.29) is 17.7 Å².